The molecule has 0 amide bonds. The fraction of sp³-hybridized carbons (Fsp3) is 0.769. The van der Waals surface area contributed by atoms with Gasteiger partial charge in [-0.2, -0.15) is 0 Å². The van der Waals surface area contributed by atoms with Crippen LogP contribution in [-0.4, -0.2) is 10.5 Å². The van der Waals surface area contributed by atoms with Gasteiger partial charge in [0.05, 0.1) is 10.7 Å². The predicted molar refractivity (Wildman–Crippen MR) is 72.0 cm³/mol. The van der Waals surface area contributed by atoms with Crippen molar-refractivity contribution in [2.45, 2.75) is 64.8 Å². The molecule has 0 atom stereocenters. The lowest BCUT2D eigenvalue weighted by molar-refractivity contribution is 0.392. The van der Waals surface area contributed by atoms with Crippen molar-refractivity contribution in [3.8, 4) is 0 Å². The van der Waals surface area contributed by atoms with Gasteiger partial charge in [-0.1, -0.05) is 34.6 Å². The Morgan fingerprint density at radius 2 is 1.81 bits per heavy atom. The Morgan fingerprint density at radius 1 is 1.25 bits per heavy atom. The van der Waals surface area contributed by atoms with Gasteiger partial charge in [-0.3, -0.25) is 0 Å². The van der Waals surface area contributed by atoms with E-state index in [1.54, 1.807) is 11.3 Å². The van der Waals surface area contributed by atoms with Crippen molar-refractivity contribution in [2.75, 3.05) is 0 Å². The molecule has 0 aliphatic rings. The molecular formula is C13H24N2S. The first kappa shape index (κ1) is 13.7. The van der Waals surface area contributed by atoms with Crippen LogP contribution in [0.2, 0.25) is 0 Å². The first-order chi connectivity index (χ1) is 7.30. The first-order valence-electron chi connectivity index (χ1n) is 6.04. The minimum atomic E-state index is -0.0764. The lowest BCUT2D eigenvalue weighted by Gasteiger charge is -2.25. The number of nitrogens with two attached hydrogens (primary N) is 1. The molecule has 1 aromatic rings. The van der Waals surface area contributed by atoms with E-state index in [1.807, 2.05) is 0 Å². The van der Waals surface area contributed by atoms with Gasteiger partial charge in [0.2, 0.25) is 0 Å². The molecule has 0 unspecified atom stereocenters. The monoisotopic (exact) mass is 240 g/mol. The zero-order valence-corrected chi connectivity index (χ0v) is 11.9. The zero-order chi connectivity index (χ0) is 12.4. The number of aromatic nitrogens is 1. The number of thiazole rings is 1. The average Bonchev–Trinajstić information content (AvgIpc) is 2.65. The summed E-state index contributed by atoms with van der Waals surface area (Å²) in [5.74, 6) is 0. The Morgan fingerprint density at radius 3 is 2.19 bits per heavy atom. The SMILES string of the molecule is CCC(N)(CC)Cc1nc(C(C)(C)C)cs1. The maximum Gasteiger partial charge on any atom is 0.0946 e. The molecule has 0 radical (unpaired) electrons. The summed E-state index contributed by atoms with van der Waals surface area (Å²) in [5.41, 5.74) is 7.56. The lowest BCUT2D eigenvalue weighted by atomic mass is 9.90. The summed E-state index contributed by atoms with van der Waals surface area (Å²) in [6.45, 7) is 10.9. The van der Waals surface area contributed by atoms with Gasteiger partial charge in [-0.25, -0.2) is 4.98 Å². The molecule has 0 bridgehead atoms. The maximum absolute atomic E-state index is 6.31. The molecule has 0 aliphatic carbocycles. The topological polar surface area (TPSA) is 38.9 Å². The summed E-state index contributed by atoms with van der Waals surface area (Å²) in [6, 6.07) is 0. The van der Waals surface area contributed by atoms with Crippen LogP contribution in [0.3, 0.4) is 0 Å². The molecule has 1 aromatic heterocycles. The van der Waals surface area contributed by atoms with E-state index in [1.165, 1.54) is 10.7 Å². The molecule has 2 N–H and O–H groups in total. The number of nitrogens with zero attached hydrogens (tertiary/aromatic N) is 1. The number of hydrogen-bond donors (Lipinski definition) is 1. The second-order valence-corrected chi connectivity index (χ2v) is 6.57. The Balaban J connectivity index is 2.80. The molecule has 0 fully saturated rings. The minimum Gasteiger partial charge on any atom is -0.325 e. The van der Waals surface area contributed by atoms with Gasteiger partial charge < -0.3 is 5.73 Å². The van der Waals surface area contributed by atoms with Gasteiger partial charge >= 0.3 is 0 Å². The third-order valence-electron chi connectivity index (χ3n) is 3.23. The van der Waals surface area contributed by atoms with Gasteiger partial charge in [-0.05, 0) is 12.8 Å². The quantitative estimate of drug-likeness (QED) is 0.875. The van der Waals surface area contributed by atoms with Gasteiger partial charge in [-0.15, -0.1) is 11.3 Å². The largest absolute Gasteiger partial charge is 0.325 e. The molecule has 1 rings (SSSR count). The van der Waals surface area contributed by atoms with Crippen molar-refractivity contribution >= 4 is 11.3 Å². The summed E-state index contributed by atoms with van der Waals surface area (Å²) in [4.78, 5) is 4.70. The van der Waals surface area contributed by atoms with Gasteiger partial charge in [0.25, 0.3) is 0 Å². The molecule has 92 valence electrons. The second kappa shape index (κ2) is 4.84. The van der Waals surface area contributed by atoms with Gasteiger partial charge in [0.15, 0.2) is 0 Å². The van der Waals surface area contributed by atoms with Crippen LogP contribution in [0.1, 0.15) is 58.2 Å². The molecule has 1 heterocycles. The van der Waals surface area contributed by atoms with Crippen molar-refractivity contribution in [3.05, 3.63) is 16.1 Å². The minimum absolute atomic E-state index is 0.0764. The van der Waals surface area contributed by atoms with Crippen LogP contribution in [-0.2, 0) is 11.8 Å². The summed E-state index contributed by atoms with van der Waals surface area (Å²) >= 11 is 1.74. The van der Waals surface area contributed by atoms with Crippen LogP contribution in [0.25, 0.3) is 0 Å². The summed E-state index contributed by atoms with van der Waals surface area (Å²) in [5, 5.41) is 3.34. The van der Waals surface area contributed by atoms with E-state index in [0.29, 0.717) is 0 Å². The molecular weight excluding hydrogens is 216 g/mol. The summed E-state index contributed by atoms with van der Waals surface area (Å²) in [7, 11) is 0. The van der Waals surface area contributed by atoms with Crippen molar-refractivity contribution in [1.29, 1.82) is 0 Å². The van der Waals surface area contributed by atoms with E-state index < -0.39 is 0 Å². The molecule has 0 spiro atoms. The van der Waals surface area contributed by atoms with E-state index in [-0.39, 0.29) is 11.0 Å². The fourth-order valence-corrected chi connectivity index (χ4v) is 2.71. The third-order valence-corrected chi connectivity index (χ3v) is 4.08. The van der Waals surface area contributed by atoms with Gasteiger partial charge in [0.1, 0.15) is 0 Å². The predicted octanol–water partition coefficient (Wildman–Crippen LogP) is 3.50. The highest BCUT2D eigenvalue weighted by Crippen LogP contribution is 2.26. The highest BCUT2D eigenvalue weighted by atomic mass is 32.1. The van der Waals surface area contributed by atoms with Crippen LogP contribution < -0.4 is 5.73 Å². The summed E-state index contributed by atoms with van der Waals surface area (Å²) in [6.07, 6.45) is 2.92. The standard InChI is InChI=1S/C13H24N2S/c1-6-13(14,7-2)8-11-15-10(9-16-11)12(3,4)5/h9H,6-8,14H2,1-5H3. The van der Waals surface area contributed by atoms with Crippen LogP contribution in [0, 0.1) is 0 Å². The van der Waals surface area contributed by atoms with Crippen LogP contribution in [0.4, 0.5) is 0 Å². The van der Waals surface area contributed by atoms with E-state index in [2.05, 4.69) is 40.0 Å². The normalized spacial score (nSPS) is 13.1. The molecule has 2 nitrogen and oxygen atoms in total. The molecule has 0 aliphatic heterocycles. The van der Waals surface area contributed by atoms with Crippen LogP contribution in [0.5, 0.6) is 0 Å². The Bertz CT molecular complexity index is 332. The molecule has 0 saturated heterocycles. The first-order valence-corrected chi connectivity index (χ1v) is 6.92. The zero-order valence-electron chi connectivity index (χ0n) is 11.1. The summed E-state index contributed by atoms with van der Waals surface area (Å²) < 4.78 is 0. The van der Waals surface area contributed by atoms with Gasteiger partial charge in [0, 0.05) is 22.8 Å². The van der Waals surface area contributed by atoms with E-state index >= 15 is 0 Å². The van der Waals surface area contributed by atoms with Crippen molar-refractivity contribution in [2.24, 2.45) is 5.73 Å². The Kier molecular flexibility index (Phi) is 4.13. The number of rotatable bonds is 4. The number of hydrogen-bond acceptors (Lipinski definition) is 3. The molecule has 16 heavy (non-hydrogen) atoms. The maximum atomic E-state index is 6.31. The van der Waals surface area contributed by atoms with Crippen molar-refractivity contribution in [3.63, 3.8) is 0 Å². The molecule has 3 heteroatoms. The van der Waals surface area contributed by atoms with E-state index in [4.69, 9.17) is 10.7 Å². The van der Waals surface area contributed by atoms with Crippen molar-refractivity contribution < 1.29 is 0 Å². The molecule has 0 saturated carbocycles. The highest BCUT2D eigenvalue weighted by Gasteiger charge is 2.24. The fourth-order valence-electron chi connectivity index (χ4n) is 1.54. The van der Waals surface area contributed by atoms with E-state index in [9.17, 15) is 0 Å². The average molecular weight is 240 g/mol. The molecule has 0 aromatic carbocycles. The third kappa shape index (κ3) is 3.29. The van der Waals surface area contributed by atoms with E-state index in [0.717, 1.165) is 19.3 Å². The van der Waals surface area contributed by atoms with Crippen LogP contribution in [0.15, 0.2) is 5.38 Å². The highest BCUT2D eigenvalue weighted by molar-refractivity contribution is 7.09. The van der Waals surface area contributed by atoms with Crippen molar-refractivity contribution in [1.82, 2.24) is 4.98 Å². The Hall–Kier alpha value is -0.410. The lowest BCUT2D eigenvalue weighted by Crippen LogP contribution is -2.40. The van der Waals surface area contributed by atoms with Crippen LogP contribution >= 0.6 is 11.3 Å². The Labute approximate surface area is 103 Å². The smallest absolute Gasteiger partial charge is 0.0946 e. The second-order valence-electron chi connectivity index (χ2n) is 5.62.